The molecule has 5 heterocycles. The van der Waals surface area contributed by atoms with Crippen molar-refractivity contribution in [3.8, 4) is 33.8 Å². The van der Waals surface area contributed by atoms with Crippen molar-refractivity contribution >= 4 is 34.8 Å². The Morgan fingerprint density at radius 1 is 0.656 bits per heavy atom. The van der Waals surface area contributed by atoms with Crippen LogP contribution < -0.4 is 10.6 Å². The van der Waals surface area contributed by atoms with E-state index < -0.39 is 24.3 Å². The fourth-order valence-corrected chi connectivity index (χ4v) is 8.39. The number of hydrogen-bond donors (Lipinski definition) is 4. The zero-order chi connectivity index (χ0) is 42.6. The Balaban J connectivity index is 0.943. The summed E-state index contributed by atoms with van der Waals surface area (Å²) in [5.41, 5.74) is 5.95. The van der Waals surface area contributed by atoms with E-state index in [0.717, 1.165) is 70.2 Å². The number of aromatic amines is 2. The van der Waals surface area contributed by atoms with Crippen molar-refractivity contribution in [2.45, 2.75) is 63.7 Å². The summed E-state index contributed by atoms with van der Waals surface area (Å²) in [6, 6.07) is 23.6. The Kier molecular flexibility index (Phi) is 11.8. The van der Waals surface area contributed by atoms with E-state index in [1.54, 1.807) is 22.2 Å². The van der Waals surface area contributed by atoms with Gasteiger partial charge in [0.1, 0.15) is 23.7 Å². The number of carbonyl (C=O) groups is 4. The smallest absolute Gasteiger partial charge is 0.407 e. The average Bonchev–Trinajstić information content (AvgIpc) is 4.14. The molecule has 0 bridgehead atoms. The molecule has 61 heavy (non-hydrogen) atoms. The standard InChI is InChI=1S/C46H49N9O6/c1-27(2)39(52-45(58)60-3)43(56)54-20-8-12-37(54)42-49-26-36(51-42)33-18-19-34(47-24-33)31-16-14-30-23-32(17-15-29(30)22-31)35-25-48-41(50-35)38-13-9-21-55(38)44(57)40(53-46(59)61-4)28-10-6-5-7-11-28/h5-7,10-11,14-19,22-27,37-40H,8-9,12-13,20-21H2,1-4H3,(H,48,50)(H,49,51)(H,52,58)(H,53,59). The number of fused-ring (bicyclic) bond motifs is 1. The molecule has 3 aromatic carbocycles. The second-order valence-electron chi connectivity index (χ2n) is 15.8. The first kappa shape index (κ1) is 40.7. The molecule has 2 aliphatic heterocycles. The van der Waals surface area contributed by atoms with Crippen LogP contribution in [-0.4, -0.2) is 92.1 Å². The lowest BCUT2D eigenvalue weighted by atomic mass is 10.0. The lowest BCUT2D eigenvalue weighted by Crippen LogP contribution is -2.51. The topological polar surface area (TPSA) is 188 Å². The number of nitrogens with one attached hydrogen (secondary N) is 4. The number of aromatic nitrogens is 5. The van der Waals surface area contributed by atoms with Crippen molar-refractivity contribution in [3.05, 3.63) is 115 Å². The molecule has 0 radical (unpaired) electrons. The first-order valence-electron chi connectivity index (χ1n) is 20.6. The van der Waals surface area contributed by atoms with Gasteiger partial charge in [0.15, 0.2) is 0 Å². The van der Waals surface area contributed by atoms with Gasteiger partial charge in [0.2, 0.25) is 5.91 Å². The molecular formula is C46H49N9O6. The maximum atomic E-state index is 13.9. The van der Waals surface area contributed by atoms with Crippen molar-refractivity contribution in [2.24, 2.45) is 5.92 Å². The quantitative estimate of drug-likeness (QED) is 0.103. The highest BCUT2D eigenvalue weighted by Gasteiger charge is 2.39. The molecular weight excluding hydrogens is 775 g/mol. The predicted octanol–water partition coefficient (Wildman–Crippen LogP) is 7.49. The molecule has 6 aromatic rings. The van der Waals surface area contributed by atoms with Gasteiger partial charge < -0.3 is 39.9 Å². The van der Waals surface area contributed by atoms with Crippen LogP contribution in [0.3, 0.4) is 0 Å². The maximum Gasteiger partial charge on any atom is 0.407 e. The molecule has 8 rings (SSSR count). The van der Waals surface area contributed by atoms with Crippen LogP contribution in [0.25, 0.3) is 44.5 Å². The molecule has 2 fully saturated rings. The average molecular weight is 824 g/mol. The molecule has 4 amide bonds. The lowest BCUT2D eigenvalue weighted by molar-refractivity contribution is -0.135. The number of nitrogens with zero attached hydrogens (tertiary/aromatic N) is 5. The normalized spacial score (nSPS) is 17.3. The van der Waals surface area contributed by atoms with Crippen LogP contribution in [0, 0.1) is 5.92 Å². The van der Waals surface area contributed by atoms with E-state index in [2.05, 4.69) is 62.0 Å². The van der Waals surface area contributed by atoms with Crippen LogP contribution in [0.4, 0.5) is 9.59 Å². The van der Waals surface area contributed by atoms with Gasteiger partial charge in [0.25, 0.3) is 5.91 Å². The Bertz CT molecular complexity index is 2540. The van der Waals surface area contributed by atoms with Crippen molar-refractivity contribution in [3.63, 3.8) is 0 Å². The van der Waals surface area contributed by atoms with Crippen molar-refractivity contribution in [2.75, 3.05) is 27.3 Å². The van der Waals surface area contributed by atoms with Crippen molar-refractivity contribution < 1.29 is 28.7 Å². The highest BCUT2D eigenvalue weighted by Crippen LogP contribution is 2.36. The van der Waals surface area contributed by atoms with E-state index in [4.69, 9.17) is 19.4 Å². The summed E-state index contributed by atoms with van der Waals surface area (Å²) in [5, 5.41) is 7.52. The lowest BCUT2D eigenvalue weighted by Gasteiger charge is -2.30. The Labute approximate surface area is 353 Å². The Hall–Kier alpha value is -7.03. The van der Waals surface area contributed by atoms with E-state index >= 15 is 0 Å². The number of likely N-dealkylation sites (tertiary alicyclic amines) is 2. The summed E-state index contributed by atoms with van der Waals surface area (Å²) in [6.07, 6.45) is 7.25. The molecule has 0 saturated carbocycles. The van der Waals surface area contributed by atoms with Gasteiger partial charge in [0, 0.05) is 36.0 Å². The Morgan fingerprint density at radius 3 is 1.80 bits per heavy atom. The van der Waals surface area contributed by atoms with E-state index in [0.29, 0.717) is 30.3 Å². The third kappa shape index (κ3) is 8.54. The first-order valence-corrected chi connectivity index (χ1v) is 20.6. The molecule has 15 heteroatoms. The van der Waals surface area contributed by atoms with Gasteiger partial charge in [-0.05, 0) is 72.2 Å². The van der Waals surface area contributed by atoms with Crippen LogP contribution in [-0.2, 0) is 19.1 Å². The molecule has 15 nitrogen and oxygen atoms in total. The van der Waals surface area contributed by atoms with Crippen LogP contribution in [0.2, 0.25) is 0 Å². The number of carbonyl (C=O) groups excluding carboxylic acids is 4. The molecule has 4 unspecified atom stereocenters. The molecule has 2 aliphatic rings. The summed E-state index contributed by atoms with van der Waals surface area (Å²) < 4.78 is 9.59. The van der Waals surface area contributed by atoms with Crippen molar-refractivity contribution in [1.82, 2.24) is 45.4 Å². The number of amides is 4. The third-order valence-corrected chi connectivity index (χ3v) is 11.6. The number of imidazole rings is 2. The molecule has 0 aliphatic carbocycles. The number of hydrogen-bond acceptors (Lipinski definition) is 9. The van der Waals surface area contributed by atoms with Crippen LogP contribution in [0.1, 0.15) is 74.9 Å². The highest BCUT2D eigenvalue weighted by atomic mass is 16.5. The first-order chi connectivity index (χ1) is 29.6. The number of alkyl carbamates (subject to hydrolysis) is 2. The summed E-state index contributed by atoms with van der Waals surface area (Å²) >= 11 is 0. The van der Waals surface area contributed by atoms with Gasteiger partial charge in [-0.25, -0.2) is 19.6 Å². The number of pyridine rings is 1. The molecule has 3 aromatic heterocycles. The predicted molar refractivity (Wildman–Crippen MR) is 229 cm³/mol. The zero-order valence-electron chi connectivity index (χ0n) is 34.6. The fraction of sp³-hybridized carbons (Fsp3) is 0.326. The Morgan fingerprint density at radius 2 is 1.21 bits per heavy atom. The summed E-state index contributed by atoms with van der Waals surface area (Å²) in [6.45, 7) is 4.92. The third-order valence-electron chi connectivity index (χ3n) is 11.6. The molecule has 4 atom stereocenters. The molecule has 0 spiro atoms. The zero-order valence-corrected chi connectivity index (χ0v) is 34.6. The SMILES string of the molecule is COC(=O)NC(C(=O)N1CCCC1c1ncc(-c2ccc3cc(-c4ccc(-c5cnc(C6CCCN6C(=O)C(NC(=O)OC)C(C)C)[nH]5)cn4)ccc3c2)[nH]1)c1ccccc1. The minimum atomic E-state index is -0.886. The second-order valence-corrected chi connectivity index (χ2v) is 15.8. The van der Waals surface area contributed by atoms with E-state index in [1.165, 1.54) is 14.2 Å². The minimum absolute atomic E-state index is 0.115. The number of rotatable bonds is 11. The largest absolute Gasteiger partial charge is 0.453 e. The summed E-state index contributed by atoms with van der Waals surface area (Å²) in [4.78, 5) is 76.4. The van der Waals surface area contributed by atoms with Gasteiger partial charge in [-0.2, -0.15) is 0 Å². The van der Waals surface area contributed by atoms with Crippen LogP contribution in [0.15, 0.2) is 97.5 Å². The maximum absolute atomic E-state index is 13.9. The number of benzene rings is 3. The van der Waals surface area contributed by atoms with Gasteiger partial charge in [0.05, 0.1) is 55.8 Å². The van der Waals surface area contributed by atoms with E-state index in [1.807, 2.05) is 62.5 Å². The number of ether oxygens (including phenoxy) is 2. The summed E-state index contributed by atoms with van der Waals surface area (Å²) in [5.74, 6) is 0.911. The van der Waals surface area contributed by atoms with Gasteiger partial charge in [-0.1, -0.05) is 68.4 Å². The minimum Gasteiger partial charge on any atom is -0.453 e. The van der Waals surface area contributed by atoms with Crippen LogP contribution in [0.5, 0.6) is 0 Å². The van der Waals surface area contributed by atoms with Gasteiger partial charge >= 0.3 is 12.2 Å². The van der Waals surface area contributed by atoms with E-state index in [-0.39, 0.29) is 29.8 Å². The number of methoxy groups -OCH3 is 2. The molecule has 2 saturated heterocycles. The van der Waals surface area contributed by atoms with Gasteiger partial charge in [-0.15, -0.1) is 0 Å². The second kappa shape index (κ2) is 17.7. The van der Waals surface area contributed by atoms with Gasteiger partial charge in [-0.3, -0.25) is 14.6 Å². The molecule has 314 valence electrons. The van der Waals surface area contributed by atoms with Crippen LogP contribution >= 0.6 is 0 Å². The highest BCUT2D eigenvalue weighted by molar-refractivity contribution is 5.91. The van der Waals surface area contributed by atoms with Crippen molar-refractivity contribution in [1.29, 1.82) is 0 Å². The number of H-pyrrole nitrogens is 2. The summed E-state index contributed by atoms with van der Waals surface area (Å²) in [7, 11) is 2.57. The van der Waals surface area contributed by atoms with E-state index in [9.17, 15) is 19.2 Å². The fourth-order valence-electron chi connectivity index (χ4n) is 8.39. The molecule has 4 N–H and O–H groups in total. The monoisotopic (exact) mass is 823 g/mol.